The molecule has 32 heavy (non-hydrogen) atoms. The van der Waals surface area contributed by atoms with Gasteiger partial charge in [-0.2, -0.15) is 0 Å². The summed E-state index contributed by atoms with van der Waals surface area (Å²) < 4.78 is 0. The van der Waals surface area contributed by atoms with E-state index < -0.39 is 0 Å². The van der Waals surface area contributed by atoms with Gasteiger partial charge in [-0.15, -0.1) is 0 Å². The highest BCUT2D eigenvalue weighted by Gasteiger charge is 2.12. The number of nitrogens with zero attached hydrogens (tertiary/aromatic N) is 3. The second-order valence-corrected chi connectivity index (χ2v) is 8.41. The third kappa shape index (κ3) is 8.00. The highest BCUT2D eigenvalue weighted by atomic mass is 16.2. The van der Waals surface area contributed by atoms with Crippen molar-refractivity contribution in [2.24, 2.45) is 4.99 Å². The minimum atomic E-state index is 0.116. The Labute approximate surface area is 192 Å². The summed E-state index contributed by atoms with van der Waals surface area (Å²) in [7, 11) is 1.85. The predicted molar refractivity (Wildman–Crippen MR) is 131 cm³/mol. The van der Waals surface area contributed by atoms with Gasteiger partial charge >= 0.3 is 0 Å². The Balaban J connectivity index is 1.43. The molecule has 0 bridgehead atoms. The van der Waals surface area contributed by atoms with Crippen LogP contribution in [0, 0.1) is 0 Å². The Morgan fingerprint density at radius 3 is 2.34 bits per heavy atom. The minimum absolute atomic E-state index is 0.116. The third-order valence-electron chi connectivity index (χ3n) is 5.71. The van der Waals surface area contributed by atoms with Crippen LogP contribution in [0.1, 0.15) is 42.9 Å². The summed E-state index contributed by atoms with van der Waals surface area (Å²) >= 11 is 0. The van der Waals surface area contributed by atoms with Gasteiger partial charge in [-0.1, -0.05) is 54.6 Å². The SMILES string of the molecule is CCNC(=NCc1ccc(CN2CCCC2)cc1)NCCC(=O)N(C)Cc1ccccc1. The van der Waals surface area contributed by atoms with E-state index in [1.807, 2.05) is 44.3 Å². The van der Waals surface area contributed by atoms with E-state index in [1.54, 1.807) is 4.90 Å². The molecule has 2 aromatic carbocycles. The molecule has 3 rings (SSSR count). The van der Waals surface area contributed by atoms with E-state index in [0.29, 0.717) is 26.1 Å². The molecular formula is C26H37N5O. The van der Waals surface area contributed by atoms with Crippen molar-refractivity contribution >= 4 is 11.9 Å². The van der Waals surface area contributed by atoms with Crippen LogP contribution in [0.5, 0.6) is 0 Å². The van der Waals surface area contributed by atoms with Gasteiger partial charge in [-0.05, 0) is 49.5 Å². The molecule has 2 N–H and O–H groups in total. The first-order valence-electron chi connectivity index (χ1n) is 11.7. The van der Waals surface area contributed by atoms with Gasteiger partial charge in [0.25, 0.3) is 0 Å². The van der Waals surface area contributed by atoms with Gasteiger partial charge in [-0.3, -0.25) is 9.69 Å². The zero-order chi connectivity index (χ0) is 22.6. The molecule has 0 saturated carbocycles. The van der Waals surface area contributed by atoms with E-state index in [-0.39, 0.29) is 5.91 Å². The zero-order valence-corrected chi connectivity index (χ0v) is 19.5. The lowest BCUT2D eigenvalue weighted by molar-refractivity contribution is -0.130. The van der Waals surface area contributed by atoms with Crippen molar-refractivity contribution in [2.45, 2.75) is 45.8 Å². The first-order valence-corrected chi connectivity index (χ1v) is 11.7. The fourth-order valence-electron chi connectivity index (χ4n) is 3.89. The molecule has 0 aromatic heterocycles. The Kier molecular flexibility index (Phi) is 9.57. The number of hydrogen-bond acceptors (Lipinski definition) is 3. The molecule has 1 fully saturated rings. The van der Waals surface area contributed by atoms with Crippen LogP contribution < -0.4 is 10.6 Å². The number of likely N-dealkylation sites (tertiary alicyclic amines) is 1. The first kappa shape index (κ1) is 23.8. The van der Waals surface area contributed by atoms with Crippen molar-refractivity contribution in [1.29, 1.82) is 0 Å². The van der Waals surface area contributed by atoms with E-state index in [1.165, 1.54) is 37.1 Å². The Hall–Kier alpha value is -2.86. The summed E-state index contributed by atoms with van der Waals surface area (Å²) in [5, 5.41) is 6.55. The molecule has 0 unspecified atom stereocenters. The maximum atomic E-state index is 12.4. The van der Waals surface area contributed by atoms with Crippen molar-refractivity contribution in [2.75, 3.05) is 33.2 Å². The molecule has 6 nitrogen and oxygen atoms in total. The van der Waals surface area contributed by atoms with Crippen molar-refractivity contribution in [1.82, 2.24) is 20.4 Å². The average molecular weight is 436 g/mol. The maximum absolute atomic E-state index is 12.4. The van der Waals surface area contributed by atoms with Crippen LogP contribution in [0.2, 0.25) is 0 Å². The van der Waals surface area contributed by atoms with E-state index in [9.17, 15) is 4.79 Å². The van der Waals surface area contributed by atoms with E-state index >= 15 is 0 Å². The van der Waals surface area contributed by atoms with Crippen molar-refractivity contribution in [3.8, 4) is 0 Å². The number of carbonyl (C=O) groups excluding carboxylic acids is 1. The second kappa shape index (κ2) is 12.9. The van der Waals surface area contributed by atoms with Gasteiger partial charge in [0, 0.05) is 39.6 Å². The molecule has 6 heteroatoms. The number of guanidine groups is 1. The molecule has 0 atom stereocenters. The van der Waals surface area contributed by atoms with Crippen LogP contribution in [0.4, 0.5) is 0 Å². The highest BCUT2D eigenvalue weighted by molar-refractivity contribution is 5.81. The molecule has 0 radical (unpaired) electrons. The van der Waals surface area contributed by atoms with Gasteiger partial charge < -0.3 is 15.5 Å². The van der Waals surface area contributed by atoms with Crippen LogP contribution in [0.25, 0.3) is 0 Å². The topological polar surface area (TPSA) is 60.0 Å². The number of rotatable bonds is 10. The first-order chi connectivity index (χ1) is 15.6. The largest absolute Gasteiger partial charge is 0.357 e. The van der Waals surface area contributed by atoms with Gasteiger partial charge in [0.2, 0.25) is 5.91 Å². The van der Waals surface area contributed by atoms with Crippen LogP contribution in [-0.4, -0.2) is 54.9 Å². The quantitative estimate of drug-likeness (QED) is 0.444. The summed E-state index contributed by atoms with van der Waals surface area (Å²) in [5.74, 6) is 0.859. The number of hydrogen-bond donors (Lipinski definition) is 2. The second-order valence-electron chi connectivity index (χ2n) is 8.41. The molecule has 1 heterocycles. The number of amides is 1. The maximum Gasteiger partial charge on any atom is 0.224 e. The Morgan fingerprint density at radius 1 is 0.969 bits per heavy atom. The smallest absolute Gasteiger partial charge is 0.224 e. The lowest BCUT2D eigenvalue weighted by atomic mass is 10.1. The fourth-order valence-corrected chi connectivity index (χ4v) is 3.89. The number of aliphatic imine (C=N–C) groups is 1. The fraction of sp³-hybridized carbons (Fsp3) is 0.462. The number of carbonyl (C=O) groups is 1. The predicted octanol–water partition coefficient (Wildman–Crippen LogP) is 3.39. The zero-order valence-electron chi connectivity index (χ0n) is 19.5. The van der Waals surface area contributed by atoms with Crippen molar-refractivity contribution < 1.29 is 4.79 Å². The van der Waals surface area contributed by atoms with Gasteiger partial charge in [-0.25, -0.2) is 4.99 Å². The summed E-state index contributed by atoms with van der Waals surface area (Å²) in [5.41, 5.74) is 3.69. The van der Waals surface area contributed by atoms with Crippen molar-refractivity contribution in [3.63, 3.8) is 0 Å². The molecule has 0 aliphatic carbocycles. The molecule has 1 amide bonds. The molecule has 0 spiro atoms. The van der Waals surface area contributed by atoms with Gasteiger partial charge in [0.15, 0.2) is 5.96 Å². The summed E-state index contributed by atoms with van der Waals surface area (Å²) in [6.45, 7) is 8.09. The highest BCUT2D eigenvalue weighted by Crippen LogP contribution is 2.13. The Morgan fingerprint density at radius 2 is 1.66 bits per heavy atom. The van der Waals surface area contributed by atoms with Crippen LogP contribution >= 0.6 is 0 Å². The van der Waals surface area contributed by atoms with Crippen molar-refractivity contribution in [3.05, 3.63) is 71.3 Å². The van der Waals surface area contributed by atoms with E-state index in [2.05, 4.69) is 44.8 Å². The van der Waals surface area contributed by atoms with E-state index in [4.69, 9.17) is 0 Å². The Bertz CT molecular complexity index is 844. The summed E-state index contributed by atoms with van der Waals surface area (Å²) in [6.07, 6.45) is 3.07. The lowest BCUT2D eigenvalue weighted by Gasteiger charge is -2.18. The molecule has 1 saturated heterocycles. The standard InChI is InChI=1S/C26H37N5O/c1-3-27-26(28-16-15-25(32)30(2)20-23-9-5-4-6-10-23)29-19-22-11-13-24(14-12-22)21-31-17-7-8-18-31/h4-6,9-14H,3,7-8,15-21H2,1-2H3,(H2,27,28,29). The van der Waals surface area contributed by atoms with Gasteiger partial charge in [0.1, 0.15) is 0 Å². The molecule has 1 aliphatic rings. The normalized spacial score (nSPS) is 14.4. The van der Waals surface area contributed by atoms with E-state index in [0.717, 1.165) is 24.6 Å². The number of nitrogens with one attached hydrogen (secondary N) is 2. The summed E-state index contributed by atoms with van der Waals surface area (Å²) in [6, 6.07) is 18.8. The lowest BCUT2D eigenvalue weighted by Crippen LogP contribution is -2.39. The summed E-state index contributed by atoms with van der Waals surface area (Å²) in [4.78, 5) is 21.4. The molecule has 2 aromatic rings. The number of benzene rings is 2. The molecule has 1 aliphatic heterocycles. The molecule has 172 valence electrons. The third-order valence-corrected chi connectivity index (χ3v) is 5.71. The van der Waals surface area contributed by atoms with Gasteiger partial charge in [0.05, 0.1) is 6.54 Å². The monoisotopic (exact) mass is 435 g/mol. The minimum Gasteiger partial charge on any atom is -0.357 e. The van der Waals surface area contributed by atoms with Crippen LogP contribution in [0.15, 0.2) is 59.6 Å². The average Bonchev–Trinajstić information content (AvgIpc) is 3.32. The van der Waals surface area contributed by atoms with Crippen LogP contribution in [0.3, 0.4) is 0 Å². The van der Waals surface area contributed by atoms with Crippen LogP contribution in [-0.2, 0) is 24.4 Å². The molecular weight excluding hydrogens is 398 g/mol.